The van der Waals surface area contributed by atoms with Crippen LogP contribution in [0.5, 0.6) is 0 Å². The van der Waals surface area contributed by atoms with Crippen molar-refractivity contribution in [2.24, 2.45) is 11.7 Å². The van der Waals surface area contributed by atoms with Crippen LogP contribution in [0.15, 0.2) is 18.2 Å². The van der Waals surface area contributed by atoms with Gasteiger partial charge in [0, 0.05) is 0 Å². The van der Waals surface area contributed by atoms with Gasteiger partial charge in [0.05, 0.1) is 23.5 Å². The van der Waals surface area contributed by atoms with Crippen LogP contribution >= 0.6 is 0 Å². The highest BCUT2D eigenvalue weighted by atomic mass is 16.5. The van der Waals surface area contributed by atoms with Crippen molar-refractivity contribution >= 4 is 23.3 Å². The number of benzene rings is 1. The smallest absolute Gasteiger partial charge is 0.340 e. The van der Waals surface area contributed by atoms with Crippen LogP contribution in [0.3, 0.4) is 0 Å². The summed E-state index contributed by atoms with van der Waals surface area (Å²) in [6, 6.07) is 4.27. The fourth-order valence-corrected chi connectivity index (χ4v) is 1.83. The monoisotopic (exact) mass is 279 g/mol. The van der Waals surface area contributed by atoms with E-state index in [0.717, 1.165) is 0 Å². The Balaban J connectivity index is 3.16. The first kappa shape index (κ1) is 15.8. The van der Waals surface area contributed by atoms with Gasteiger partial charge in [-0.05, 0) is 25.0 Å². The van der Waals surface area contributed by atoms with Gasteiger partial charge in [-0.3, -0.25) is 4.79 Å². The van der Waals surface area contributed by atoms with E-state index in [2.05, 4.69) is 5.32 Å². The summed E-state index contributed by atoms with van der Waals surface area (Å²) in [4.78, 5) is 23.4. The number of para-hydroxylation sites is 1. The normalized spacial score (nSPS) is 12.0. The van der Waals surface area contributed by atoms with E-state index in [0.29, 0.717) is 16.9 Å². The fraction of sp³-hybridized carbons (Fsp3) is 0.429. The second kappa shape index (κ2) is 6.79. The zero-order valence-electron chi connectivity index (χ0n) is 12.0. The number of primary amides is 1. The van der Waals surface area contributed by atoms with E-state index in [4.69, 9.17) is 16.2 Å². The zero-order chi connectivity index (χ0) is 15.3. The lowest BCUT2D eigenvalue weighted by atomic mass is 10.0. The molecule has 0 heterocycles. The number of nitrogens with two attached hydrogens (primary N) is 2. The summed E-state index contributed by atoms with van der Waals surface area (Å²) >= 11 is 0. The van der Waals surface area contributed by atoms with Crippen molar-refractivity contribution in [2.45, 2.75) is 26.8 Å². The molecule has 1 atom stereocenters. The lowest BCUT2D eigenvalue weighted by Gasteiger charge is -2.22. The van der Waals surface area contributed by atoms with Crippen molar-refractivity contribution in [3.63, 3.8) is 0 Å². The van der Waals surface area contributed by atoms with Crippen molar-refractivity contribution in [1.29, 1.82) is 0 Å². The number of amides is 1. The van der Waals surface area contributed by atoms with Crippen molar-refractivity contribution in [1.82, 2.24) is 0 Å². The predicted molar refractivity (Wildman–Crippen MR) is 78.3 cm³/mol. The van der Waals surface area contributed by atoms with Gasteiger partial charge in [-0.15, -0.1) is 0 Å². The maximum absolute atomic E-state index is 11.9. The van der Waals surface area contributed by atoms with Crippen LogP contribution in [0.2, 0.25) is 0 Å². The van der Waals surface area contributed by atoms with E-state index in [1.165, 1.54) is 0 Å². The second-order valence-corrected chi connectivity index (χ2v) is 4.76. The minimum atomic E-state index is -0.618. The van der Waals surface area contributed by atoms with Crippen molar-refractivity contribution < 1.29 is 14.3 Å². The van der Waals surface area contributed by atoms with Crippen LogP contribution in [0.25, 0.3) is 0 Å². The number of esters is 1. The molecule has 0 aliphatic rings. The summed E-state index contributed by atoms with van der Waals surface area (Å²) in [5.74, 6) is -1.03. The number of nitrogen functional groups attached to an aromatic ring is 1. The Hall–Kier alpha value is -2.24. The Morgan fingerprint density at radius 2 is 2.00 bits per heavy atom. The molecule has 6 heteroatoms. The maximum Gasteiger partial charge on any atom is 0.340 e. The molecule has 0 aromatic heterocycles. The number of hydrogen-bond donors (Lipinski definition) is 3. The molecule has 0 radical (unpaired) electrons. The highest BCUT2D eigenvalue weighted by molar-refractivity contribution is 6.00. The molecule has 110 valence electrons. The summed E-state index contributed by atoms with van der Waals surface area (Å²) < 4.78 is 4.98. The van der Waals surface area contributed by atoms with E-state index >= 15 is 0 Å². The average Bonchev–Trinajstić information content (AvgIpc) is 2.36. The average molecular weight is 279 g/mol. The number of rotatable bonds is 6. The molecule has 0 fully saturated rings. The fourth-order valence-electron chi connectivity index (χ4n) is 1.83. The van der Waals surface area contributed by atoms with Crippen LogP contribution < -0.4 is 16.8 Å². The van der Waals surface area contributed by atoms with Crippen molar-refractivity contribution in [2.75, 3.05) is 17.7 Å². The molecule has 0 aliphatic heterocycles. The molecular weight excluding hydrogens is 258 g/mol. The maximum atomic E-state index is 11.9. The Morgan fingerprint density at radius 1 is 1.35 bits per heavy atom. The van der Waals surface area contributed by atoms with E-state index < -0.39 is 17.9 Å². The molecule has 20 heavy (non-hydrogen) atoms. The molecule has 6 nitrogen and oxygen atoms in total. The lowest BCUT2D eigenvalue weighted by Crippen LogP contribution is -2.40. The minimum absolute atomic E-state index is 0.0397. The third-order valence-electron chi connectivity index (χ3n) is 2.87. The molecule has 1 aromatic rings. The Labute approximate surface area is 118 Å². The van der Waals surface area contributed by atoms with Crippen molar-refractivity contribution in [3.05, 3.63) is 23.8 Å². The van der Waals surface area contributed by atoms with E-state index in [1.54, 1.807) is 25.1 Å². The van der Waals surface area contributed by atoms with Crippen molar-refractivity contribution in [3.8, 4) is 0 Å². The van der Waals surface area contributed by atoms with Gasteiger partial charge in [0.2, 0.25) is 5.91 Å². The molecule has 5 N–H and O–H groups in total. The first-order valence-electron chi connectivity index (χ1n) is 6.49. The third-order valence-corrected chi connectivity index (χ3v) is 2.87. The van der Waals surface area contributed by atoms with Gasteiger partial charge in [0.1, 0.15) is 6.04 Å². The van der Waals surface area contributed by atoms with Crippen LogP contribution in [0.4, 0.5) is 11.4 Å². The SMILES string of the molecule is CCOC(=O)c1cccc(N)c1NC(C(N)=O)C(C)C. The Morgan fingerprint density at radius 3 is 2.50 bits per heavy atom. The highest BCUT2D eigenvalue weighted by Crippen LogP contribution is 2.26. The van der Waals surface area contributed by atoms with Crippen LogP contribution in [-0.2, 0) is 9.53 Å². The summed E-state index contributed by atoms with van der Waals surface area (Å²) in [5, 5.41) is 2.95. The standard InChI is InChI=1S/C14H21N3O3/c1-4-20-14(19)9-6-5-7-10(15)12(9)17-11(8(2)3)13(16)18/h5-8,11,17H,4,15H2,1-3H3,(H2,16,18). The molecule has 1 unspecified atom stereocenters. The summed E-state index contributed by atoms with van der Waals surface area (Å²) in [5.41, 5.74) is 12.3. The van der Waals surface area contributed by atoms with Gasteiger partial charge in [-0.1, -0.05) is 19.9 Å². The quantitative estimate of drug-likeness (QED) is 0.538. The zero-order valence-corrected chi connectivity index (χ0v) is 12.0. The topological polar surface area (TPSA) is 107 Å². The third kappa shape index (κ3) is 3.63. The Kier molecular flexibility index (Phi) is 5.37. The summed E-state index contributed by atoms with van der Waals surface area (Å²) in [7, 11) is 0. The number of anilines is 2. The first-order chi connectivity index (χ1) is 9.38. The van der Waals surface area contributed by atoms with E-state index in [-0.39, 0.29) is 12.5 Å². The molecule has 1 amide bonds. The second-order valence-electron chi connectivity index (χ2n) is 4.76. The van der Waals surface area contributed by atoms with Crippen LogP contribution in [0.1, 0.15) is 31.1 Å². The molecule has 1 rings (SSSR count). The molecule has 1 aromatic carbocycles. The molecule has 0 saturated heterocycles. The van der Waals surface area contributed by atoms with Gasteiger partial charge in [-0.2, -0.15) is 0 Å². The van der Waals surface area contributed by atoms with Gasteiger partial charge in [0.15, 0.2) is 0 Å². The molecule has 0 spiro atoms. The number of hydrogen-bond acceptors (Lipinski definition) is 5. The Bertz CT molecular complexity index is 500. The van der Waals surface area contributed by atoms with Gasteiger partial charge in [-0.25, -0.2) is 4.79 Å². The number of carbonyl (C=O) groups excluding carboxylic acids is 2. The van der Waals surface area contributed by atoms with Gasteiger partial charge < -0.3 is 21.5 Å². The predicted octanol–water partition coefficient (Wildman–Crippen LogP) is 1.37. The van der Waals surface area contributed by atoms with Crippen LogP contribution in [-0.4, -0.2) is 24.5 Å². The molecular formula is C14H21N3O3. The minimum Gasteiger partial charge on any atom is -0.462 e. The first-order valence-corrected chi connectivity index (χ1v) is 6.49. The largest absolute Gasteiger partial charge is 0.462 e. The summed E-state index contributed by atoms with van der Waals surface area (Å²) in [6.07, 6.45) is 0. The van der Waals surface area contributed by atoms with Gasteiger partial charge in [0.25, 0.3) is 0 Å². The van der Waals surface area contributed by atoms with Crippen LogP contribution in [0, 0.1) is 5.92 Å². The molecule has 0 bridgehead atoms. The summed E-state index contributed by atoms with van der Waals surface area (Å²) in [6.45, 7) is 5.69. The number of nitrogens with one attached hydrogen (secondary N) is 1. The molecule has 0 saturated carbocycles. The van der Waals surface area contributed by atoms with Gasteiger partial charge >= 0.3 is 5.97 Å². The molecule has 0 aliphatic carbocycles. The highest BCUT2D eigenvalue weighted by Gasteiger charge is 2.23. The number of ether oxygens (including phenoxy) is 1. The lowest BCUT2D eigenvalue weighted by molar-refractivity contribution is -0.119. The number of carbonyl (C=O) groups is 2. The van der Waals surface area contributed by atoms with E-state index in [1.807, 2.05) is 13.8 Å². The van der Waals surface area contributed by atoms with E-state index in [9.17, 15) is 9.59 Å².